The molecule has 1 aromatic carbocycles. The monoisotopic (exact) mass is 398 g/mol. The summed E-state index contributed by atoms with van der Waals surface area (Å²) in [5.41, 5.74) is 0. The Morgan fingerprint density at radius 2 is 1.81 bits per heavy atom. The number of piperazine rings is 1. The van der Waals surface area contributed by atoms with Gasteiger partial charge in [-0.25, -0.2) is 17.2 Å². The average molecular weight is 398 g/mol. The van der Waals surface area contributed by atoms with Crippen molar-refractivity contribution in [1.82, 2.24) is 9.21 Å². The molecule has 2 saturated carbocycles. The number of nitrogens with zero attached hydrogens (tertiary/aromatic N) is 2. The van der Waals surface area contributed by atoms with Gasteiger partial charge in [0, 0.05) is 32.6 Å². The van der Waals surface area contributed by atoms with Gasteiger partial charge in [-0.05, 0) is 55.2 Å². The van der Waals surface area contributed by atoms with Gasteiger partial charge in [0.2, 0.25) is 15.9 Å². The van der Waals surface area contributed by atoms with Crippen molar-refractivity contribution >= 4 is 15.9 Å². The van der Waals surface area contributed by atoms with E-state index in [2.05, 4.69) is 0 Å². The lowest BCUT2D eigenvalue weighted by atomic mass is 9.86. The summed E-state index contributed by atoms with van der Waals surface area (Å²) in [6.45, 7) is 0.771. The smallest absolute Gasteiger partial charge is 0.246 e. The highest BCUT2D eigenvalue weighted by atomic mass is 32.2. The van der Waals surface area contributed by atoms with Crippen LogP contribution in [0, 0.1) is 29.4 Å². The average Bonchev–Trinajstić information content (AvgIpc) is 3.27. The summed E-state index contributed by atoms with van der Waals surface area (Å²) in [6, 6.07) is 2.41. The van der Waals surface area contributed by atoms with E-state index in [9.17, 15) is 22.0 Å². The molecule has 2 bridgehead atoms. The minimum Gasteiger partial charge on any atom is -0.340 e. The molecule has 2 aliphatic carbocycles. The molecule has 8 heteroatoms. The van der Waals surface area contributed by atoms with Gasteiger partial charge in [0.15, 0.2) is 0 Å². The van der Waals surface area contributed by atoms with Gasteiger partial charge in [0.1, 0.15) is 16.5 Å². The third-order valence-corrected chi connectivity index (χ3v) is 8.34. The van der Waals surface area contributed by atoms with Crippen LogP contribution >= 0.6 is 0 Å². The molecule has 0 unspecified atom stereocenters. The summed E-state index contributed by atoms with van der Waals surface area (Å²) in [6.07, 6.45) is 5.47. The molecule has 3 aliphatic rings. The summed E-state index contributed by atoms with van der Waals surface area (Å²) in [4.78, 5) is 13.7. The van der Waals surface area contributed by atoms with Crippen LogP contribution in [-0.2, 0) is 14.8 Å². The van der Waals surface area contributed by atoms with Crippen LogP contribution in [0.5, 0.6) is 0 Å². The van der Waals surface area contributed by atoms with Crippen molar-refractivity contribution in [3.63, 3.8) is 0 Å². The summed E-state index contributed by atoms with van der Waals surface area (Å²) >= 11 is 0. The number of rotatable bonds is 4. The number of sulfonamides is 1. The van der Waals surface area contributed by atoms with Crippen molar-refractivity contribution in [2.45, 2.75) is 37.0 Å². The summed E-state index contributed by atoms with van der Waals surface area (Å²) < 4.78 is 53.6. The van der Waals surface area contributed by atoms with Crippen LogP contribution in [0.15, 0.2) is 23.1 Å². The van der Waals surface area contributed by atoms with Gasteiger partial charge in [-0.15, -0.1) is 0 Å². The number of halogens is 2. The fourth-order valence-electron chi connectivity index (χ4n) is 4.97. The molecule has 1 saturated heterocycles. The number of carbonyl (C=O) groups excluding carboxylic acids is 1. The topological polar surface area (TPSA) is 57.7 Å². The molecule has 0 N–H and O–H groups in total. The van der Waals surface area contributed by atoms with Crippen molar-refractivity contribution in [3.05, 3.63) is 29.8 Å². The molecule has 3 fully saturated rings. The summed E-state index contributed by atoms with van der Waals surface area (Å²) in [5.74, 6) is 0.259. The van der Waals surface area contributed by atoms with Crippen LogP contribution in [0.1, 0.15) is 32.1 Å². The van der Waals surface area contributed by atoms with Crippen LogP contribution in [-0.4, -0.2) is 49.7 Å². The quantitative estimate of drug-likeness (QED) is 0.784. The van der Waals surface area contributed by atoms with E-state index in [1.807, 2.05) is 0 Å². The normalized spacial score (nSPS) is 28.7. The molecule has 0 spiro atoms. The Labute approximate surface area is 158 Å². The minimum absolute atomic E-state index is 0.0848. The van der Waals surface area contributed by atoms with E-state index in [0.29, 0.717) is 24.3 Å². The lowest BCUT2D eigenvalue weighted by Gasteiger charge is -2.35. The Bertz CT molecular complexity index is 837. The number of hydrogen-bond donors (Lipinski definition) is 0. The fraction of sp³-hybridized carbons (Fsp3) is 0.632. The van der Waals surface area contributed by atoms with Crippen molar-refractivity contribution in [2.24, 2.45) is 17.8 Å². The first kappa shape index (κ1) is 18.8. The zero-order valence-electron chi connectivity index (χ0n) is 15.1. The molecule has 1 amide bonds. The molecule has 3 atom stereocenters. The van der Waals surface area contributed by atoms with Crippen LogP contribution < -0.4 is 0 Å². The molecule has 1 heterocycles. The van der Waals surface area contributed by atoms with Crippen LogP contribution in [0.2, 0.25) is 0 Å². The number of amides is 1. The van der Waals surface area contributed by atoms with Gasteiger partial charge >= 0.3 is 0 Å². The van der Waals surface area contributed by atoms with E-state index in [0.717, 1.165) is 28.8 Å². The Kier molecular flexibility index (Phi) is 4.96. The molecule has 27 heavy (non-hydrogen) atoms. The van der Waals surface area contributed by atoms with Gasteiger partial charge in [0.25, 0.3) is 0 Å². The molecular formula is C19H24F2N2O3S. The Hall–Kier alpha value is -1.54. The van der Waals surface area contributed by atoms with E-state index in [4.69, 9.17) is 0 Å². The lowest BCUT2D eigenvalue weighted by Crippen LogP contribution is -2.51. The molecule has 0 radical (unpaired) electrons. The van der Waals surface area contributed by atoms with Crippen LogP contribution in [0.25, 0.3) is 0 Å². The van der Waals surface area contributed by atoms with E-state index < -0.39 is 26.6 Å². The van der Waals surface area contributed by atoms with Gasteiger partial charge in [-0.3, -0.25) is 4.79 Å². The first-order valence-corrected chi connectivity index (χ1v) is 11.0. The third-order valence-electron chi connectivity index (χ3n) is 6.42. The van der Waals surface area contributed by atoms with Crippen LogP contribution in [0.3, 0.4) is 0 Å². The maximum atomic E-state index is 13.9. The molecule has 0 aromatic heterocycles. The molecule has 1 aliphatic heterocycles. The first-order chi connectivity index (χ1) is 12.8. The van der Waals surface area contributed by atoms with E-state index in [1.165, 1.54) is 19.3 Å². The Morgan fingerprint density at radius 1 is 1.07 bits per heavy atom. The van der Waals surface area contributed by atoms with Gasteiger partial charge < -0.3 is 4.90 Å². The number of carbonyl (C=O) groups is 1. The van der Waals surface area contributed by atoms with Crippen LogP contribution in [0.4, 0.5) is 8.78 Å². The second kappa shape index (κ2) is 7.13. The SMILES string of the molecule is O=C(C[C@@H]1C[C@@H]2CC[C@@H]1C2)N1CCN(S(=O)(=O)c2cc(F)ccc2F)CC1. The van der Waals surface area contributed by atoms with Gasteiger partial charge in [0.05, 0.1) is 0 Å². The van der Waals surface area contributed by atoms with E-state index in [-0.39, 0.29) is 32.1 Å². The van der Waals surface area contributed by atoms with Gasteiger partial charge in [-0.2, -0.15) is 4.31 Å². The predicted molar refractivity (Wildman–Crippen MR) is 95.3 cm³/mol. The van der Waals surface area contributed by atoms with Crippen molar-refractivity contribution < 1.29 is 22.0 Å². The first-order valence-electron chi connectivity index (χ1n) is 9.57. The zero-order valence-corrected chi connectivity index (χ0v) is 15.9. The highest BCUT2D eigenvalue weighted by Gasteiger charge is 2.41. The largest absolute Gasteiger partial charge is 0.340 e. The summed E-state index contributed by atoms with van der Waals surface area (Å²) in [7, 11) is -4.11. The molecule has 1 aromatic rings. The second-order valence-corrected chi connectivity index (χ2v) is 9.91. The minimum atomic E-state index is -4.11. The lowest BCUT2D eigenvalue weighted by molar-refractivity contribution is -0.133. The van der Waals surface area contributed by atoms with E-state index in [1.54, 1.807) is 4.90 Å². The zero-order chi connectivity index (χ0) is 19.2. The second-order valence-electron chi connectivity index (χ2n) is 8.00. The maximum Gasteiger partial charge on any atom is 0.246 e. The summed E-state index contributed by atoms with van der Waals surface area (Å²) in [5, 5.41) is 0. The highest BCUT2D eigenvalue weighted by molar-refractivity contribution is 7.89. The van der Waals surface area contributed by atoms with Gasteiger partial charge in [-0.1, -0.05) is 6.42 Å². The third kappa shape index (κ3) is 3.61. The number of hydrogen-bond acceptors (Lipinski definition) is 3. The standard InChI is InChI=1S/C19H24F2N2O3S/c20-16-3-4-17(21)18(12-16)27(25,26)23-7-5-22(6-8-23)19(24)11-15-10-13-1-2-14(15)9-13/h3-4,12-15H,1-2,5-11H2/t13-,14-,15+/m1/s1. The van der Waals surface area contributed by atoms with E-state index >= 15 is 0 Å². The highest BCUT2D eigenvalue weighted by Crippen LogP contribution is 2.49. The molecular weight excluding hydrogens is 374 g/mol. The van der Waals surface area contributed by atoms with Crippen molar-refractivity contribution in [2.75, 3.05) is 26.2 Å². The maximum absolute atomic E-state index is 13.9. The Morgan fingerprint density at radius 3 is 2.44 bits per heavy atom. The fourth-order valence-corrected chi connectivity index (χ4v) is 6.47. The number of fused-ring (bicyclic) bond motifs is 2. The molecule has 148 valence electrons. The number of benzene rings is 1. The van der Waals surface area contributed by atoms with Crippen molar-refractivity contribution in [3.8, 4) is 0 Å². The van der Waals surface area contributed by atoms with Crippen molar-refractivity contribution in [1.29, 1.82) is 0 Å². The molecule has 5 nitrogen and oxygen atoms in total. The predicted octanol–water partition coefficient (Wildman–Crippen LogP) is 2.62. The Balaban J connectivity index is 1.37. The molecule has 4 rings (SSSR count).